The summed E-state index contributed by atoms with van der Waals surface area (Å²) in [5.41, 5.74) is 5.38. The van der Waals surface area contributed by atoms with Gasteiger partial charge < -0.3 is 5.32 Å². The molecule has 2 aromatic carbocycles. The number of carbonyl (C=O) groups is 1. The maximum atomic E-state index is 13.3. The molecule has 1 aliphatic rings. The molecule has 1 amide bonds. The molecule has 0 saturated heterocycles. The minimum atomic E-state index is -0.364. The Kier molecular flexibility index (Phi) is 4.73. The van der Waals surface area contributed by atoms with Crippen molar-refractivity contribution in [2.45, 2.75) is 51.5 Å². The first-order valence-electron chi connectivity index (χ1n) is 10.8. The molecule has 0 atom stereocenters. The second-order valence-electron chi connectivity index (χ2n) is 8.50. The monoisotopic (exact) mass is 416 g/mol. The van der Waals surface area contributed by atoms with E-state index in [1.165, 1.54) is 12.1 Å². The van der Waals surface area contributed by atoms with Gasteiger partial charge in [-0.25, -0.2) is 13.9 Å². The Hall–Kier alpha value is -3.28. The van der Waals surface area contributed by atoms with Gasteiger partial charge in [-0.2, -0.15) is 5.10 Å². The minimum absolute atomic E-state index is 0.00792. The first-order chi connectivity index (χ1) is 15.0. The molecular formula is C25H25FN4O. The Labute approximate surface area is 180 Å². The third-order valence-corrected chi connectivity index (χ3v) is 6.60. The van der Waals surface area contributed by atoms with Crippen LogP contribution in [0.2, 0.25) is 0 Å². The van der Waals surface area contributed by atoms with Crippen molar-refractivity contribution in [1.29, 1.82) is 0 Å². The molecule has 4 aromatic rings. The van der Waals surface area contributed by atoms with E-state index in [0.29, 0.717) is 12.8 Å². The normalized spacial score (nSPS) is 15.2. The summed E-state index contributed by atoms with van der Waals surface area (Å²) in [6.07, 6.45) is 3.80. The average molecular weight is 417 g/mol. The molecule has 0 bridgehead atoms. The number of aromatic nitrogens is 3. The van der Waals surface area contributed by atoms with Gasteiger partial charge in [-0.1, -0.05) is 24.3 Å². The summed E-state index contributed by atoms with van der Waals surface area (Å²) in [5.74, 6) is -0.252. The maximum absolute atomic E-state index is 13.3. The lowest BCUT2D eigenvalue weighted by atomic mass is 9.71. The van der Waals surface area contributed by atoms with E-state index in [9.17, 15) is 9.18 Å². The van der Waals surface area contributed by atoms with Gasteiger partial charge in [0.2, 0.25) is 5.91 Å². The van der Waals surface area contributed by atoms with Crippen LogP contribution in [0.25, 0.3) is 16.6 Å². The Morgan fingerprint density at radius 3 is 2.58 bits per heavy atom. The molecule has 0 unspecified atom stereocenters. The zero-order valence-corrected chi connectivity index (χ0v) is 17.8. The largest absolute Gasteiger partial charge is 0.347 e. The fourth-order valence-electron chi connectivity index (χ4n) is 4.69. The van der Waals surface area contributed by atoms with Crippen molar-refractivity contribution in [3.05, 3.63) is 76.9 Å². The molecular weight excluding hydrogens is 391 g/mol. The number of halogens is 1. The number of benzene rings is 2. The molecule has 1 N–H and O–H groups in total. The van der Waals surface area contributed by atoms with Crippen molar-refractivity contribution in [1.82, 2.24) is 19.9 Å². The van der Waals surface area contributed by atoms with Gasteiger partial charge in [-0.3, -0.25) is 4.79 Å². The number of nitrogens with one attached hydrogen (secondary N) is 1. The zero-order valence-electron chi connectivity index (χ0n) is 17.8. The third kappa shape index (κ3) is 3.36. The fourth-order valence-corrected chi connectivity index (χ4v) is 4.69. The number of hydrogen-bond acceptors (Lipinski definition) is 3. The third-order valence-electron chi connectivity index (χ3n) is 6.60. The standard InChI is InChI=1S/C25H25FN4O/c1-16-20(17(2)30-24(27-16)21-6-3-4-7-22(21)29-30)12-13-23(31)28-25(14-5-15-25)18-8-10-19(26)11-9-18/h3-4,6-11H,5,12-15H2,1-2H3,(H,28,31). The molecule has 0 radical (unpaired) electrons. The molecule has 2 aromatic heterocycles. The van der Waals surface area contributed by atoms with Crippen LogP contribution in [0.3, 0.4) is 0 Å². The highest BCUT2D eigenvalue weighted by Gasteiger charge is 2.39. The van der Waals surface area contributed by atoms with Crippen molar-refractivity contribution in [2.24, 2.45) is 0 Å². The molecule has 5 rings (SSSR count). The van der Waals surface area contributed by atoms with Gasteiger partial charge in [-0.15, -0.1) is 0 Å². The predicted octanol–water partition coefficient (Wildman–Crippen LogP) is 4.77. The molecule has 1 aliphatic carbocycles. The summed E-state index contributed by atoms with van der Waals surface area (Å²) < 4.78 is 15.2. The minimum Gasteiger partial charge on any atom is -0.347 e. The summed E-state index contributed by atoms with van der Waals surface area (Å²) in [5, 5.41) is 8.96. The second kappa shape index (κ2) is 7.45. The van der Waals surface area contributed by atoms with Crippen molar-refractivity contribution in [2.75, 3.05) is 0 Å². The number of amides is 1. The molecule has 1 fully saturated rings. The van der Waals surface area contributed by atoms with Gasteiger partial charge in [0.15, 0.2) is 5.65 Å². The van der Waals surface area contributed by atoms with Crippen LogP contribution in [0.4, 0.5) is 4.39 Å². The highest BCUT2D eigenvalue weighted by atomic mass is 19.1. The van der Waals surface area contributed by atoms with Gasteiger partial charge in [0.05, 0.1) is 11.1 Å². The number of fused-ring (bicyclic) bond motifs is 3. The fraction of sp³-hybridized carbons (Fsp3) is 0.320. The van der Waals surface area contributed by atoms with Crippen molar-refractivity contribution < 1.29 is 9.18 Å². The first-order valence-corrected chi connectivity index (χ1v) is 10.8. The Bertz CT molecular complexity index is 1290. The molecule has 0 aliphatic heterocycles. The van der Waals surface area contributed by atoms with E-state index in [1.54, 1.807) is 12.1 Å². The predicted molar refractivity (Wildman–Crippen MR) is 118 cm³/mol. The van der Waals surface area contributed by atoms with Gasteiger partial charge in [0.25, 0.3) is 0 Å². The molecule has 2 heterocycles. The topological polar surface area (TPSA) is 59.3 Å². The van der Waals surface area contributed by atoms with Crippen LogP contribution in [0.15, 0.2) is 48.5 Å². The van der Waals surface area contributed by atoms with E-state index < -0.39 is 0 Å². The van der Waals surface area contributed by atoms with E-state index in [4.69, 9.17) is 10.1 Å². The summed E-state index contributed by atoms with van der Waals surface area (Å²) in [7, 11) is 0. The number of hydrogen-bond donors (Lipinski definition) is 1. The molecule has 6 heteroatoms. The first kappa shape index (κ1) is 19.7. The maximum Gasteiger partial charge on any atom is 0.221 e. The SMILES string of the molecule is Cc1nc2c3ccccc3nn2c(C)c1CCC(=O)NC1(c2ccc(F)cc2)CCC1. The van der Waals surface area contributed by atoms with Crippen molar-refractivity contribution in [3.63, 3.8) is 0 Å². The van der Waals surface area contributed by atoms with E-state index >= 15 is 0 Å². The Balaban J connectivity index is 1.36. The average Bonchev–Trinajstić information content (AvgIpc) is 3.10. The number of carbonyl (C=O) groups excluding carboxylic acids is 1. The van der Waals surface area contributed by atoms with E-state index in [0.717, 1.165) is 58.3 Å². The lowest BCUT2D eigenvalue weighted by Gasteiger charge is -2.43. The number of rotatable bonds is 5. The van der Waals surface area contributed by atoms with Crippen LogP contribution in [0.5, 0.6) is 0 Å². The summed E-state index contributed by atoms with van der Waals surface area (Å²) in [6, 6.07) is 14.5. The van der Waals surface area contributed by atoms with E-state index in [-0.39, 0.29) is 17.3 Å². The molecule has 31 heavy (non-hydrogen) atoms. The smallest absolute Gasteiger partial charge is 0.221 e. The van der Waals surface area contributed by atoms with E-state index in [1.807, 2.05) is 42.6 Å². The van der Waals surface area contributed by atoms with Gasteiger partial charge in [0.1, 0.15) is 5.82 Å². The van der Waals surface area contributed by atoms with Gasteiger partial charge in [0, 0.05) is 23.2 Å². The summed E-state index contributed by atoms with van der Waals surface area (Å²) in [4.78, 5) is 17.7. The summed E-state index contributed by atoms with van der Waals surface area (Å²) in [6.45, 7) is 4.03. The number of nitrogens with zero attached hydrogens (tertiary/aromatic N) is 3. The Morgan fingerprint density at radius 1 is 1.13 bits per heavy atom. The van der Waals surface area contributed by atoms with E-state index in [2.05, 4.69) is 5.32 Å². The Morgan fingerprint density at radius 2 is 1.87 bits per heavy atom. The lowest BCUT2D eigenvalue weighted by Crippen LogP contribution is -2.50. The molecule has 5 nitrogen and oxygen atoms in total. The second-order valence-corrected chi connectivity index (χ2v) is 8.50. The van der Waals surface area contributed by atoms with Crippen molar-refractivity contribution >= 4 is 22.5 Å². The van der Waals surface area contributed by atoms with Crippen LogP contribution in [-0.2, 0) is 16.8 Å². The van der Waals surface area contributed by atoms with Crippen LogP contribution in [-0.4, -0.2) is 20.5 Å². The highest BCUT2D eigenvalue weighted by Crippen LogP contribution is 2.41. The van der Waals surface area contributed by atoms with Gasteiger partial charge >= 0.3 is 0 Å². The van der Waals surface area contributed by atoms with Crippen LogP contribution in [0.1, 0.15) is 48.2 Å². The van der Waals surface area contributed by atoms with Crippen LogP contribution in [0, 0.1) is 19.7 Å². The van der Waals surface area contributed by atoms with Crippen LogP contribution < -0.4 is 5.32 Å². The van der Waals surface area contributed by atoms with Crippen molar-refractivity contribution in [3.8, 4) is 0 Å². The molecule has 1 saturated carbocycles. The summed E-state index contributed by atoms with van der Waals surface area (Å²) >= 11 is 0. The number of aryl methyl sites for hydroxylation is 2. The highest BCUT2D eigenvalue weighted by molar-refractivity contribution is 5.92. The lowest BCUT2D eigenvalue weighted by molar-refractivity contribution is -0.124. The molecule has 158 valence electrons. The zero-order chi connectivity index (χ0) is 21.6. The van der Waals surface area contributed by atoms with Crippen LogP contribution >= 0.6 is 0 Å². The van der Waals surface area contributed by atoms with Gasteiger partial charge in [-0.05, 0) is 74.9 Å². The molecule has 0 spiro atoms. The quantitative estimate of drug-likeness (QED) is 0.510.